The van der Waals surface area contributed by atoms with Gasteiger partial charge in [0.05, 0.1) is 13.2 Å². The van der Waals surface area contributed by atoms with Crippen molar-refractivity contribution in [1.29, 1.82) is 0 Å². The number of hydrogen-bond acceptors (Lipinski definition) is 4. The summed E-state index contributed by atoms with van der Waals surface area (Å²) < 4.78 is 11.2. The molecule has 0 aromatic heterocycles. The molecule has 51 heavy (non-hydrogen) atoms. The molecule has 0 heterocycles. The first-order valence-corrected chi connectivity index (χ1v) is 21.9. The minimum atomic E-state index is -0.546. The van der Waals surface area contributed by atoms with E-state index >= 15 is 0 Å². The summed E-state index contributed by atoms with van der Waals surface area (Å²) in [5.74, 6) is -0.213. The van der Waals surface area contributed by atoms with E-state index < -0.39 is 6.10 Å². The van der Waals surface area contributed by atoms with Crippen LogP contribution in [0.15, 0.2) is 60.8 Å². The molecule has 1 N–H and O–H groups in total. The second-order valence-corrected chi connectivity index (χ2v) is 14.4. The number of ether oxygens (including phenoxy) is 2. The van der Waals surface area contributed by atoms with E-state index in [0.29, 0.717) is 13.0 Å². The quantitative estimate of drug-likeness (QED) is 0.0390. The van der Waals surface area contributed by atoms with E-state index in [1.807, 2.05) is 0 Å². The average Bonchev–Trinajstić information content (AvgIpc) is 3.14. The Morgan fingerprint density at radius 1 is 0.471 bits per heavy atom. The Labute approximate surface area is 317 Å². The fraction of sp³-hybridized carbons (Fsp3) is 0.766. The summed E-state index contributed by atoms with van der Waals surface area (Å²) in [5, 5.41) is 9.60. The van der Waals surface area contributed by atoms with Crippen molar-refractivity contribution in [2.24, 2.45) is 0 Å². The van der Waals surface area contributed by atoms with E-state index in [9.17, 15) is 9.90 Å². The van der Waals surface area contributed by atoms with Gasteiger partial charge in [-0.05, 0) is 83.5 Å². The third-order valence-corrected chi connectivity index (χ3v) is 9.32. The molecule has 0 amide bonds. The summed E-state index contributed by atoms with van der Waals surface area (Å²) in [6.45, 7) is 5.28. The number of esters is 1. The fourth-order valence-corrected chi connectivity index (χ4v) is 6.01. The van der Waals surface area contributed by atoms with Crippen molar-refractivity contribution in [3.63, 3.8) is 0 Å². The molecule has 4 heteroatoms. The third kappa shape index (κ3) is 42.4. The monoisotopic (exact) mass is 713 g/mol. The van der Waals surface area contributed by atoms with E-state index in [-0.39, 0.29) is 19.2 Å². The summed E-state index contributed by atoms with van der Waals surface area (Å²) in [6.07, 6.45) is 58.5. The van der Waals surface area contributed by atoms with Crippen LogP contribution in [-0.2, 0) is 14.3 Å². The molecule has 0 saturated carbocycles. The van der Waals surface area contributed by atoms with E-state index in [0.717, 1.165) is 44.9 Å². The largest absolute Gasteiger partial charge is 0.457 e. The zero-order valence-corrected chi connectivity index (χ0v) is 33.9. The van der Waals surface area contributed by atoms with Crippen molar-refractivity contribution in [1.82, 2.24) is 0 Å². The minimum absolute atomic E-state index is 0.181. The Bertz CT molecular complexity index is 839. The van der Waals surface area contributed by atoms with Crippen LogP contribution in [-0.4, -0.2) is 37.0 Å². The number of aliphatic hydroxyl groups excluding tert-OH is 1. The van der Waals surface area contributed by atoms with Crippen LogP contribution in [0.1, 0.15) is 206 Å². The third-order valence-electron chi connectivity index (χ3n) is 9.32. The lowest BCUT2D eigenvalue weighted by molar-refractivity contribution is -0.154. The number of carbonyl (C=O) groups is 1. The molecule has 0 saturated heterocycles. The topological polar surface area (TPSA) is 55.8 Å². The zero-order valence-electron chi connectivity index (χ0n) is 33.9. The lowest BCUT2D eigenvalue weighted by atomic mass is 10.1. The van der Waals surface area contributed by atoms with Gasteiger partial charge in [0, 0.05) is 13.0 Å². The molecule has 4 nitrogen and oxygen atoms in total. The van der Waals surface area contributed by atoms with Crippen LogP contribution >= 0.6 is 0 Å². The first-order chi connectivity index (χ1) is 25.2. The highest BCUT2D eigenvalue weighted by Crippen LogP contribution is 2.12. The van der Waals surface area contributed by atoms with Crippen LogP contribution in [0.3, 0.4) is 0 Å². The van der Waals surface area contributed by atoms with E-state index in [4.69, 9.17) is 9.47 Å². The van der Waals surface area contributed by atoms with Crippen molar-refractivity contribution >= 4 is 5.97 Å². The van der Waals surface area contributed by atoms with E-state index in [2.05, 4.69) is 74.6 Å². The van der Waals surface area contributed by atoms with Crippen molar-refractivity contribution in [3.05, 3.63) is 60.8 Å². The number of allylic oxidation sites excluding steroid dienone is 10. The van der Waals surface area contributed by atoms with Crippen molar-refractivity contribution < 1.29 is 19.4 Å². The molecular formula is C47H84O4. The van der Waals surface area contributed by atoms with Crippen molar-refractivity contribution in [3.8, 4) is 0 Å². The van der Waals surface area contributed by atoms with Crippen LogP contribution in [0.2, 0.25) is 0 Å². The van der Waals surface area contributed by atoms with Crippen molar-refractivity contribution in [2.45, 2.75) is 213 Å². The summed E-state index contributed by atoms with van der Waals surface area (Å²) in [6, 6.07) is 0. The van der Waals surface area contributed by atoms with Gasteiger partial charge < -0.3 is 14.6 Å². The van der Waals surface area contributed by atoms with Gasteiger partial charge in [-0.25, -0.2) is 0 Å². The van der Waals surface area contributed by atoms with E-state index in [1.54, 1.807) is 0 Å². The number of rotatable bonds is 40. The molecule has 0 rings (SSSR count). The summed E-state index contributed by atoms with van der Waals surface area (Å²) >= 11 is 0. The molecule has 0 bridgehead atoms. The molecule has 0 radical (unpaired) electrons. The molecule has 1 atom stereocenters. The molecule has 0 aliphatic carbocycles. The standard InChI is InChI=1S/C47H84O4/c1-3-5-7-9-11-13-15-17-19-21-22-23-24-25-27-29-31-33-35-37-39-41-43-50-45-46(44-48)51-47(49)42-40-38-36-34-32-30-28-26-20-18-16-14-12-10-8-6-4-2/h12,14-15,17-18,20-22,24-25,46,48H,3-11,13,16,19,23,26-45H2,1-2H3/b14-12-,17-15-,20-18-,22-21-,25-24-. The van der Waals surface area contributed by atoms with Gasteiger partial charge in [-0.2, -0.15) is 0 Å². The predicted molar refractivity (Wildman–Crippen MR) is 223 cm³/mol. The molecule has 0 aromatic rings. The first kappa shape index (κ1) is 49.1. The lowest BCUT2D eigenvalue weighted by Gasteiger charge is -2.15. The van der Waals surface area contributed by atoms with Gasteiger partial charge in [-0.3, -0.25) is 4.79 Å². The van der Waals surface area contributed by atoms with Gasteiger partial charge in [0.25, 0.3) is 0 Å². The molecular weight excluding hydrogens is 629 g/mol. The second kappa shape index (κ2) is 44.3. The predicted octanol–water partition coefficient (Wildman–Crippen LogP) is 14.4. The summed E-state index contributed by atoms with van der Waals surface area (Å²) in [7, 11) is 0. The number of carbonyl (C=O) groups excluding carboxylic acids is 1. The smallest absolute Gasteiger partial charge is 0.306 e. The van der Waals surface area contributed by atoms with Gasteiger partial charge in [0.2, 0.25) is 0 Å². The summed E-state index contributed by atoms with van der Waals surface area (Å²) in [4.78, 5) is 12.2. The van der Waals surface area contributed by atoms with Crippen LogP contribution in [0.5, 0.6) is 0 Å². The molecule has 0 fully saturated rings. The molecule has 296 valence electrons. The van der Waals surface area contributed by atoms with Crippen LogP contribution in [0, 0.1) is 0 Å². The molecule has 0 aromatic carbocycles. The number of hydrogen-bond donors (Lipinski definition) is 1. The Morgan fingerprint density at radius 3 is 1.27 bits per heavy atom. The van der Waals surface area contributed by atoms with Gasteiger partial charge >= 0.3 is 5.97 Å². The summed E-state index contributed by atoms with van der Waals surface area (Å²) in [5.41, 5.74) is 0. The highest BCUT2D eigenvalue weighted by molar-refractivity contribution is 5.69. The van der Waals surface area contributed by atoms with E-state index in [1.165, 1.54) is 141 Å². The van der Waals surface area contributed by atoms with Crippen molar-refractivity contribution in [2.75, 3.05) is 19.8 Å². The van der Waals surface area contributed by atoms with Crippen LogP contribution in [0.4, 0.5) is 0 Å². The van der Waals surface area contributed by atoms with Crippen LogP contribution < -0.4 is 0 Å². The first-order valence-electron chi connectivity index (χ1n) is 21.9. The highest BCUT2D eigenvalue weighted by atomic mass is 16.6. The van der Waals surface area contributed by atoms with Gasteiger partial charge in [-0.1, -0.05) is 177 Å². The Kier molecular flexibility index (Phi) is 42.6. The molecule has 0 aliphatic heterocycles. The fourth-order valence-electron chi connectivity index (χ4n) is 6.01. The molecule has 0 aliphatic rings. The van der Waals surface area contributed by atoms with Gasteiger partial charge in [0.15, 0.2) is 0 Å². The van der Waals surface area contributed by atoms with Crippen LogP contribution in [0.25, 0.3) is 0 Å². The Morgan fingerprint density at radius 2 is 0.824 bits per heavy atom. The normalized spacial score (nSPS) is 12.9. The minimum Gasteiger partial charge on any atom is -0.457 e. The molecule has 1 unspecified atom stereocenters. The van der Waals surface area contributed by atoms with Gasteiger partial charge in [0.1, 0.15) is 6.10 Å². The highest BCUT2D eigenvalue weighted by Gasteiger charge is 2.13. The Hall–Kier alpha value is -1.91. The SMILES string of the molecule is CCCCC/C=C\C/C=C\CCCCCCCCCC(=O)OC(CO)COCCCCCCCCC/C=C\C/C=C\C/C=C\CCCCCCC. The average molecular weight is 713 g/mol. The zero-order chi connectivity index (χ0) is 37.0. The number of aliphatic hydroxyl groups is 1. The second-order valence-electron chi connectivity index (χ2n) is 14.4. The molecule has 0 spiro atoms. The lowest BCUT2D eigenvalue weighted by Crippen LogP contribution is -2.27. The maximum Gasteiger partial charge on any atom is 0.306 e. The number of unbranched alkanes of at least 4 members (excludes halogenated alkanes) is 22. The maximum atomic E-state index is 12.2. The Balaban J connectivity index is 3.48. The maximum absolute atomic E-state index is 12.2. The van der Waals surface area contributed by atoms with Gasteiger partial charge in [-0.15, -0.1) is 0 Å².